The Morgan fingerprint density at radius 1 is 1.15 bits per heavy atom. The molecule has 1 aromatic carbocycles. The summed E-state index contributed by atoms with van der Waals surface area (Å²) >= 11 is 0. The number of amides is 2. The van der Waals surface area contributed by atoms with Gasteiger partial charge in [-0.2, -0.15) is 5.10 Å². The van der Waals surface area contributed by atoms with Crippen molar-refractivity contribution < 1.29 is 9.59 Å². The van der Waals surface area contributed by atoms with Crippen LogP contribution in [0.1, 0.15) is 24.8 Å². The van der Waals surface area contributed by atoms with Crippen molar-refractivity contribution in [1.29, 1.82) is 0 Å². The number of para-hydroxylation sites is 1. The summed E-state index contributed by atoms with van der Waals surface area (Å²) in [6.45, 7) is 4.08. The number of nitrogens with zero attached hydrogens (tertiary/aromatic N) is 4. The van der Waals surface area contributed by atoms with Crippen molar-refractivity contribution >= 4 is 11.8 Å². The van der Waals surface area contributed by atoms with E-state index in [1.54, 1.807) is 0 Å². The van der Waals surface area contributed by atoms with Crippen molar-refractivity contribution in [2.75, 3.05) is 26.2 Å². The van der Waals surface area contributed by atoms with E-state index in [-0.39, 0.29) is 17.9 Å². The Balaban J connectivity index is 1.33. The van der Waals surface area contributed by atoms with E-state index in [9.17, 15) is 9.59 Å². The van der Waals surface area contributed by atoms with E-state index in [0.717, 1.165) is 38.3 Å². The lowest BCUT2D eigenvalue weighted by atomic mass is 10.2. The van der Waals surface area contributed by atoms with Crippen LogP contribution in [0.4, 0.5) is 0 Å². The Labute approximate surface area is 158 Å². The van der Waals surface area contributed by atoms with E-state index in [1.807, 2.05) is 46.1 Å². The van der Waals surface area contributed by atoms with Gasteiger partial charge in [0.15, 0.2) is 0 Å². The molecule has 7 nitrogen and oxygen atoms in total. The number of benzene rings is 1. The minimum Gasteiger partial charge on any atom is -0.344 e. The second kappa shape index (κ2) is 7.92. The monoisotopic (exact) mass is 367 g/mol. The Kier molecular flexibility index (Phi) is 5.20. The summed E-state index contributed by atoms with van der Waals surface area (Å²) in [4.78, 5) is 28.2. The van der Waals surface area contributed by atoms with Crippen LogP contribution < -0.4 is 5.32 Å². The molecule has 142 valence electrons. The average Bonchev–Trinajstić information content (AvgIpc) is 3.27. The van der Waals surface area contributed by atoms with Crippen molar-refractivity contribution in [3.8, 4) is 5.69 Å². The number of nitrogens with one attached hydrogen (secondary N) is 1. The average molecular weight is 367 g/mol. The lowest BCUT2D eigenvalue weighted by molar-refractivity contribution is -0.134. The first-order valence-electron chi connectivity index (χ1n) is 9.58. The molecule has 7 heteroatoms. The number of aromatic nitrogens is 2. The van der Waals surface area contributed by atoms with Crippen LogP contribution in [0, 0.1) is 0 Å². The maximum Gasteiger partial charge on any atom is 0.245 e. The first kappa shape index (κ1) is 17.7. The van der Waals surface area contributed by atoms with E-state index in [4.69, 9.17) is 0 Å². The van der Waals surface area contributed by atoms with Crippen LogP contribution in [0.25, 0.3) is 5.69 Å². The fraction of sp³-hybridized carbons (Fsp3) is 0.450. The number of hydrogen-bond donors (Lipinski definition) is 1. The first-order chi connectivity index (χ1) is 13.2. The fourth-order valence-electron chi connectivity index (χ4n) is 3.79. The number of carbonyl (C=O) groups is 2. The van der Waals surface area contributed by atoms with Gasteiger partial charge < -0.3 is 10.2 Å². The van der Waals surface area contributed by atoms with Crippen LogP contribution in [0.5, 0.6) is 0 Å². The molecule has 2 aliphatic rings. The zero-order valence-electron chi connectivity index (χ0n) is 15.4. The Hall–Kier alpha value is -2.67. The summed E-state index contributed by atoms with van der Waals surface area (Å²) in [6, 6.07) is 9.75. The van der Waals surface area contributed by atoms with Crippen molar-refractivity contribution in [2.45, 2.75) is 31.8 Å². The van der Waals surface area contributed by atoms with Crippen molar-refractivity contribution in [1.82, 2.24) is 24.9 Å². The maximum atomic E-state index is 12.6. The maximum absolute atomic E-state index is 12.6. The van der Waals surface area contributed by atoms with Gasteiger partial charge in [0.05, 0.1) is 11.9 Å². The first-order valence-corrected chi connectivity index (χ1v) is 9.58. The van der Waals surface area contributed by atoms with Crippen LogP contribution >= 0.6 is 0 Å². The molecule has 2 amide bonds. The van der Waals surface area contributed by atoms with Gasteiger partial charge in [0.2, 0.25) is 11.8 Å². The van der Waals surface area contributed by atoms with Gasteiger partial charge in [-0.15, -0.1) is 0 Å². The molecular weight excluding hydrogens is 342 g/mol. The normalized spacial score (nSPS) is 21.1. The molecule has 0 saturated carbocycles. The highest BCUT2D eigenvalue weighted by atomic mass is 16.2. The number of carbonyl (C=O) groups excluding carboxylic acids is 2. The van der Waals surface area contributed by atoms with Gasteiger partial charge in [-0.3, -0.25) is 14.5 Å². The third kappa shape index (κ3) is 4.19. The molecule has 2 fully saturated rings. The summed E-state index contributed by atoms with van der Waals surface area (Å²) < 4.78 is 1.89. The van der Waals surface area contributed by atoms with Gasteiger partial charge in [-0.25, -0.2) is 4.68 Å². The summed E-state index contributed by atoms with van der Waals surface area (Å²) in [5.41, 5.74) is 2.22. The molecule has 1 aromatic heterocycles. The Bertz CT molecular complexity index is 804. The minimum atomic E-state index is -0.326. The molecule has 3 heterocycles. The highest BCUT2D eigenvalue weighted by molar-refractivity contribution is 5.90. The number of hydrogen-bond acceptors (Lipinski definition) is 4. The van der Waals surface area contributed by atoms with Gasteiger partial charge in [0.1, 0.15) is 6.04 Å². The Morgan fingerprint density at radius 3 is 2.78 bits per heavy atom. The van der Waals surface area contributed by atoms with Gasteiger partial charge in [0, 0.05) is 50.9 Å². The lowest BCUT2D eigenvalue weighted by Crippen LogP contribution is -2.45. The second-order valence-electron chi connectivity index (χ2n) is 7.24. The molecule has 2 aromatic rings. The van der Waals surface area contributed by atoms with Gasteiger partial charge in [-0.1, -0.05) is 18.2 Å². The van der Waals surface area contributed by atoms with Crippen molar-refractivity contribution in [2.24, 2.45) is 0 Å². The van der Waals surface area contributed by atoms with Crippen molar-refractivity contribution in [3.05, 3.63) is 48.3 Å². The highest BCUT2D eigenvalue weighted by Gasteiger charge is 2.31. The lowest BCUT2D eigenvalue weighted by Gasteiger charge is -2.24. The predicted molar refractivity (Wildman–Crippen MR) is 101 cm³/mol. The Morgan fingerprint density at radius 2 is 2.00 bits per heavy atom. The molecule has 2 saturated heterocycles. The van der Waals surface area contributed by atoms with Crippen LogP contribution in [0.15, 0.2) is 42.7 Å². The molecule has 1 atom stereocenters. The van der Waals surface area contributed by atoms with E-state index in [0.29, 0.717) is 19.4 Å². The topological polar surface area (TPSA) is 70.5 Å². The van der Waals surface area contributed by atoms with Crippen LogP contribution in [-0.4, -0.2) is 63.6 Å². The molecule has 0 bridgehead atoms. The van der Waals surface area contributed by atoms with Crippen LogP contribution in [-0.2, 0) is 16.1 Å². The molecule has 0 unspecified atom stereocenters. The molecule has 1 N–H and O–H groups in total. The van der Waals surface area contributed by atoms with E-state index < -0.39 is 0 Å². The second-order valence-corrected chi connectivity index (χ2v) is 7.24. The van der Waals surface area contributed by atoms with E-state index in [2.05, 4.69) is 21.5 Å². The molecule has 0 spiro atoms. The van der Waals surface area contributed by atoms with E-state index in [1.165, 1.54) is 5.56 Å². The third-order valence-electron chi connectivity index (χ3n) is 5.26. The van der Waals surface area contributed by atoms with Crippen LogP contribution in [0.2, 0.25) is 0 Å². The smallest absolute Gasteiger partial charge is 0.245 e. The van der Waals surface area contributed by atoms with Crippen molar-refractivity contribution in [3.63, 3.8) is 0 Å². The molecule has 0 aliphatic carbocycles. The predicted octanol–water partition coefficient (Wildman–Crippen LogP) is 1.19. The number of rotatable bonds is 4. The fourth-order valence-corrected chi connectivity index (χ4v) is 3.79. The van der Waals surface area contributed by atoms with Gasteiger partial charge in [-0.05, 0) is 25.0 Å². The van der Waals surface area contributed by atoms with E-state index >= 15 is 0 Å². The summed E-state index contributed by atoms with van der Waals surface area (Å²) in [7, 11) is 0. The molecule has 2 aliphatic heterocycles. The van der Waals surface area contributed by atoms with Gasteiger partial charge in [0.25, 0.3) is 0 Å². The minimum absolute atomic E-state index is 0.0137. The largest absolute Gasteiger partial charge is 0.344 e. The summed E-state index contributed by atoms with van der Waals surface area (Å²) in [5, 5.41) is 7.25. The third-order valence-corrected chi connectivity index (χ3v) is 5.26. The standard InChI is InChI=1S/C20H25N5O2/c26-19-8-7-18(22-19)20(27)24-10-4-9-23(11-12-24)14-16-13-21-25(15-16)17-5-2-1-3-6-17/h1-3,5-6,13,15,18H,4,7-12,14H2,(H,22,26)/t18-/m1/s1. The van der Waals surface area contributed by atoms with Gasteiger partial charge >= 0.3 is 0 Å². The highest BCUT2D eigenvalue weighted by Crippen LogP contribution is 2.14. The molecule has 27 heavy (non-hydrogen) atoms. The molecule has 0 radical (unpaired) electrons. The summed E-state index contributed by atoms with van der Waals surface area (Å²) in [5.74, 6) is 0.0554. The SMILES string of the molecule is O=C1CC[C@H](C(=O)N2CCCN(Cc3cnn(-c4ccccc4)c3)CC2)N1. The zero-order valence-corrected chi connectivity index (χ0v) is 15.4. The molecule has 4 rings (SSSR count). The van der Waals surface area contributed by atoms with Crippen LogP contribution in [0.3, 0.4) is 0 Å². The summed E-state index contributed by atoms with van der Waals surface area (Å²) in [6.07, 6.45) is 6.00. The molecular formula is C20H25N5O2. The zero-order chi connectivity index (χ0) is 18.6. The quantitative estimate of drug-likeness (QED) is 0.881.